The summed E-state index contributed by atoms with van der Waals surface area (Å²) >= 11 is 0. The quantitative estimate of drug-likeness (QED) is 0.853. The molecule has 1 amide bonds. The SMILES string of the molecule is CCc1c(C)c(C(=O)N2CCOCC2)n(Cc2cccc(F)c2)c1C. The van der Waals surface area contributed by atoms with Crippen molar-refractivity contribution in [2.75, 3.05) is 26.3 Å². The van der Waals surface area contributed by atoms with E-state index in [-0.39, 0.29) is 11.7 Å². The Morgan fingerprint density at radius 1 is 1.24 bits per heavy atom. The summed E-state index contributed by atoms with van der Waals surface area (Å²) in [6, 6.07) is 6.57. The van der Waals surface area contributed by atoms with E-state index in [9.17, 15) is 9.18 Å². The van der Waals surface area contributed by atoms with Crippen LogP contribution in [0.3, 0.4) is 0 Å². The van der Waals surface area contributed by atoms with Gasteiger partial charge in [-0.2, -0.15) is 0 Å². The van der Waals surface area contributed by atoms with Crippen LogP contribution in [0.15, 0.2) is 24.3 Å². The number of morpholine rings is 1. The Bertz CT molecular complexity index is 776. The number of carbonyl (C=O) groups excluding carboxylic acids is 1. The minimum Gasteiger partial charge on any atom is -0.378 e. The van der Waals surface area contributed by atoms with E-state index in [2.05, 4.69) is 6.92 Å². The number of hydrogen-bond donors (Lipinski definition) is 0. The highest BCUT2D eigenvalue weighted by atomic mass is 19.1. The highest BCUT2D eigenvalue weighted by Gasteiger charge is 2.27. The van der Waals surface area contributed by atoms with Gasteiger partial charge in [-0.05, 0) is 49.1 Å². The van der Waals surface area contributed by atoms with Gasteiger partial charge in [-0.1, -0.05) is 19.1 Å². The molecule has 2 aromatic rings. The maximum Gasteiger partial charge on any atom is 0.270 e. The van der Waals surface area contributed by atoms with Gasteiger partial charge in [0.05, 0.1) is 13.2 Å². The molecule has 0 radical (unpaired) electrons. The van der Waals surface area contributed by atoms with Crippen molar-refractivity contribution in [2.24, 2.45) is 0 Å². The second kappa shape index (κ2) is 7.40. The minimum atomic E-state index is -0.254. The lowest BCUT2D eigenvalue weighted by molar-refractivity contribution is 0.0295. The van der Waals surface area contributed by atoms with Gasteiger partial charge in [-0.15, -0.1) is 0 Å². The Labute approximate surface area is 148 Å². The molecule has 1 saturated heterocycles. The fourth-order valence-electron chi connectivity index (χ4n) is 3.68. The van der Waals surface area contributed by atoms with Crippen LogP contribution in [0.1, 0.15) is 39.8 Å². The number of nitrogens with zero attached hydrogens (tertiary/aromatic N) is 2. The van der Waals surface area contributed by atoms with Crippen LogP contribution in [0.5, 0.6) is 0 Å². The Morgan fingerprint density at radius 2 is 1.96 bits per heavy atom. The maximum atomic E-state index is 13.6. The number of hydrogen-bond acceptors (Lipinski definition) is 2. The van der Waals surface area contributed by atoms with Crippen LogP contribution in [0.25, 0.3) is 0 Å². The van der Waals surface area contributed by atoms with E-state index in [0.717, 1.165) is 28.9 Å². The monoisotopic (exact) mass is 344 g/mol. The van der Waals surface area contributed by atoms with Gasteiger partial charge in [-0.25, -0.2) is 4.39 Å². The van der Waals surface area contributed by atoms with Crippen LogP contribution >= 0.6 is 0 Å². The van der Waals surface area contributed by atoms with Crippen LogP contribution in [-0.4, -0.2) is 41.7 Å². The zero-order valence-electron chi connectivity index (χ0n) is 15.1. The van der Waals surface area contributed by atoms with Gasteiger partial charge in [0.15, 0.2) is 0 Å². The van der Waals surface area contributed by atoms with Gasteiger partial charge < -0.3 is 14.2 Å². The number of ether oxygens (including phenoxy) is 1. The van der Waals surface area contributed by atoms with Gasteiger partial charge in [0.2, 0.25) is 0 Å². The van der Waals surface area contributed by atoms with E-state index in [1.165, 1.54) is 17.7 Å². The molecule has 1 aliphatic heterocycles. The third kappa shape index (κ3) is 3.47. The lowest BCUT2D eigenvalue weighted by Gasteiger charge is -2.27. The van der Waals surface area contributed by atoms with Gasteiger partial charge in [0.25, 0.3) is 5.91 Å². The summed E-state index contributed by atoms with van der Waals surface area (Å²) in [6.07, 6.45) is 0.872. The lowest BCUT2D eigenvalue weighted by Crippen LogP contribution is -2.41. The molecule has 0 bridgehead atoms. The molecule has 1 fully saturated rings. The first-order chi connectivity index (χ1) is 12.0. The maximum absolute atomic E-state index is 13.6. The molecule has 0 aliphatic carbocycles. The van der Waals surface area contributed by atoms with E-state index in [1.54, 1.807) is 6.07 Å². The Hall–Kier alpha value is -2.14. The molecule has 2 heterocycles. The molecule has 1 aromatic carbocycles. The van der Waals surface area contributed by atoms with E-state index in [0.29, 0.717) is 32.8 Å². The topological polar surface area (TPSA) is 34.5 Å². The van der Waals surface area contributed by atoms with Crippen molar-refractivity contribution in [2.45, 2.75) is 33.7 Å². The number of halogens is 1. The second-order valence-corrected chi connectivity index (χ2v) is 6.51. The smallest absolute Gasteiger partial charge is 0.270 e. The van der Waals surface area contributed by atoms with Crippen LogP contribution < -0.4 is 0 Å². The summed E-state index contributed by atoms with van der Waals surface area (Å²) in [4.78, 5) is 15.0. The third-order valence-electron chi connectivity index (χ3n) is 5.00. The second-order valence-electron chi connectivity index (χ2n) is 6.51. The molecule has 1 aliphatic rings. The molecule has 3 rings (SSSR count). The van der Waals surface area contributed by atoms with E-state index < -0.39 is 0 Å². The zero-order chi connectivity index (χ0) is 18.0. The van der Waals surface area contributed by atoms with Crippen LogP contribution in [-0.2, 0) is 17.7 Å². The summed E-state index contributed by atoms with van der Waals surface area (Å²) < 4.78 is 21.0. The molecule has 0 saturated carbocycles. The fourth-order valence-corrected chi connectivity index (χ4v) is 3.68. The first-order valence-corrected chi connectivity index (χ1v) is 8.83. The molecular weight excluding hydrogens is 319 g/mol. The molecule has 25 heavy (non-hydrogen) atoms. The average Bonchev–Trinajstić information content (AvgIpc) is 2.85. The van der Waals surface area contributed by atoms with Gasteiger partial charge in [0.1, 0.15) is 11.5 Å². The summed E-state index contributed by atoms with van der Waals surface area (Å²) in [5, 5.41) is 0. The largest absolute Gasteiger partial charge is 0.378 e. The van der Waals surface area contributed by atoms with Crippen LogP contribution in [0.4, 0.5) is 4.39 Å². The first kappa shape index (κ1) is 17.7. The Balaban J connectivity index is 2.02. The molecule has 0 atom stereocenters. The predicted octanol–water partition coefficient (Wildman–Crippen LogP) is 3.33. The minimum absolute atomic E-state index is 0.0417. The summed E-state index contributed by atoms with van der Waals surface area (Å²) in [5.74, 6) is -0.212. The van der Waals surface area contributed by atoms with Crippen molar-refractivity contribution in [1.29, 1.82) is 0 Å². The standard InChI is InChI=1S/C20H25FN2O2/c1-4-18-14(2)19(20(24)22-8-10-25-11-9-22)23(15(18)3)13-16-6-5-7-17(21)12-16/h5-7,12H,4,8-11,13H2,1-3H3. The molecule has 5 heteroatoms. The Kier molecular flexibility index (Phi) is 5.23. The summed E-state index contributed by atoms with van der Waals surface area (Å²) in [6.45, 7) is 9.04. The highest BCUT2D eigenvalue weighted by Crippen LogP contribution is 2.26. The van der Waals surface area contributed by atoms with Crippen LogP contribution in [0.2, 0.25) is 0 Å². The fraction of sp³-hybridized carbons (Fsp3) is 0.450. The molecule has 0 N–H and O–H groups in total. The number of amides is 1. The van der Waals surface area contributed by atoms with Crippen molar-refractivity contribution in [1.82, 2.24) is 9.47 Å². The van der Waals surface area contributed by atoms with Crippen molar-refractivity contribution >= 4 is 5.91 Å². The molecule has 0 unspecified atom stereocenters. The number of aromatic nitrogens is 1. The lowest BCUT2D eigenvalue weighted by atomic mass is 10.1. The highest BCUT2D eigenvalue weighted by molar-refractivity contribution is 5.95. The molecular formula is C20H25FN2O2. The van der Waals surface area contributed by atoms with E-state index in [4.69, 9.17) is 4.74 Å². The van der Waals surface area contributed by atoms with Gasteiger partial charge >= 0.3 is 0 Å². The summed E-state index contributed by atoms with van der Waals surface area (Å²) in [5.41, 5.74) is 4.90. The molecule has 1 aromatic heterocycles. The average molecular weight is 344 g/mol. The molecule has 134 valence electrons. The van der Waals surface area contributed by atoms with E-state index >= 15 is 0 Å². The van der Waals surface area contributed by atoms with Crippen molar-refractivity contribution in [3.63, 3.8) is 0 Å². The molecule has 4 nitrogen and oxygen atoms in total. The number of carbonyl (C=O) groups is 1. The third-order valence-corrected chi connectivity index (χ3v) is 5.00. The Morgan fingerprint density at radius 3 is 2.60 bits per heavy atom. The number of benzene rings is 1. The van der Waals surface area contributed by atoms with Gasteiger partial charge in [-0.3, -0.25) is 4.79 Å². The van der Waals surface area contributed by atoms with Crippen LogP contribution in [0, 0.1) is 19.7 Å². The zero-order valence-corrected chi connectivity index (χ0v) is 15.1. The van der Waals surface area contributed by atoms with Crippen molar-refractivity contribution in [3.05, 3.63) is 58.2 Å². The predicted molar refractivity (Wildman–Crippen MR) is 95.5 cm³/mol. The van der Waals surface area contributed by atoms with E-state index in [1.807, 2.05) is 29.4 Å². The van der Waals surface area contributed by atoms with Crippen molar-refractivity contribution in [3.8, 4) is 0 Å². The van der Waals surface area contributed by atoms with Gasteiger partial charge in [0, 0.05) is 25.3 Å². The first-order valence-electron chi connectivity index (χ1n) is 8.83. The summed E-state index contributed by atoms with van der Waals surface area (Å²) in [7, 11) is 0. The normalized spacial score (nSPS) is 14.8. The molecule has 0 spiro atoms. The number of rotatable bonds is 4. The van der Waals surface area contributed by atoms with Crippen molar-refractivity contribution < 1.29 is 13.9 Å².